The molecule has 0 saturated carbocycles. The molecule has 0 radical (unpaired) electrons. The van der Waals surface area contributed by atoms with Crippen LogP contribution in [0.3, 0.4) is 0 Å². The molecule has 0 aromatic heterocycles. The molecule has 1 aromatic rings. The van der Waals surface area contributed by atoms with Gasteiger partial charge in [0.2, 0.25) is 0 Å². The van der Waals surface area contributed by atoms with Crippen molar-refractivity contribution in [2.75, 3.05) is 6.61 Å². The van der Waals surface area contributed by atoms with Crippen molar-refractivity contribution in [3.05, 3.63) is 34.9 Å². The van der Waals surface area contributed by atoms with Gasteiger partial charge in [-0.25, -0.2) is 0 Å². The van der Waals surface area contributed by atoms with Crippen LogP contribution in [0.5, 0.6) is 0 Å². The van der Waals surface area contributed by atoms with Gasteiger partial charge >= 0.3 is 0 Å². The molecular weight excluding hydrogens is 236 g/mol. The minimum Gasteiger partial charge on any atom is -0.366 e. The zero-order chi connectivity index (χ0) is 12.3. The predicted octanol–water partition coefficient (Wildman–Crippen LogP) is 3.60. The molecule has 0 bridgehead atoms. The van der Waals surface area contributed by atoms with Gasteiger partial charge < -0.3 is 9.47 Å². The Balaban J connectivity index is 1.77. The van der Waals surface area contributed by atoms with Crippen LogP contribution >= 0.6 is 11.6 Å². The monoisotopic (exact) mass is 252 g/mol. The Bertz CT molecular complexity index is 429. The summed E-state index contributed by atoms with van der Waals surface area (Å²) in [5.41, 5.74) is 1.23. The Kier molecular flexibility index (Phi) is 2.35. The SMILES string of the molecule is CC(C)(C)[C@]1([C@H]2O[C@@H]2c2ccc(Cl)cc2)CO1. The van der Waals surface area contributed by atoms with E-state index in [9.17, 15) is 0 Å². The minimum atomic E-state index is -0.0860. The molecule has 0 amide bonds. The van der Waals surface area contributed by atoms with Gasteiger partial charge in [0.05, 0.1) is 6.61 Å². The number of halogens is 1. The van der Waals surface area contributed by atoms with Crippen LogP contribution in [0, 0.1) is 5.41 Å². The second-order valence-electron chi connectivity index (χ2n) is 5.96. The molecule has 1 aromatic carbocycles. The molecule has 2 aliphatic rings. The fraction of sp³-hybridized carbons (Fsp3) is 0.571. The predicted molar refractivity (Wildman–Crippen MR) is 67.2 cm³/mol. The Morgan fingerprint density at radius 2 is 1.82 bits per heavy atom. The van der Waals surface area contributed by atoms with E-state index in [2.05, 4.69) is 20.8 Å². The number of rotatable bonds is 2. The number of ether oxygens (including phenoxy) is 2. The van der Waals surface area contributed by atoms with E-state index >= 15 is 0 Å². The highest BCUT2D eigenvalue weighted by molar-refractivity contribution is 6.30. The molecule has 2 fully saturated rings. The van der Waals surface area contributed by atoms with Gasteiger partial charge in [0.15, 0.2) is 0 Å². The Morgan fingerprint density at radius 3 is 2.29 bits per heavy atom. The van der Waals surface area contributed by atoms with Crippen molar-refractivity contribution in [3.8, 4) is 0 Å². The van der Waals surface area contributed by atoms with Crippen molar-refractivity contribution in [2.45, 2.75) is 38.6 Å². The Morgan fingerprint density at radius 1 is 1.24 bits per heavy atom. The summed E-state index contributed by atoms with van der Waals surface area (Å²) in [6.07, 6.45) is 0.373. The lowest BCUT2D eigenvalue weighted by atomic mass is 9.77. The van der Waals surface area contributed by atoms with Gasteiger partial charge in [-0.2, -0.15) is 0 Å². The van der Waals surface area contributed by atoms with Crippen LogP contribution in [-0.4, -0.2) is 18.3 Å². The fourth-order valence-electron chi connectivity index (χ4n) is 2.47. The summed E-state index contributed by atoms with van der Waals surface area (Å²) >= 11 is 5.88. The van der Waals surface area contributed by atoms with E-state index in [1.165, 1.54) is 5.56 Å². The van der Waals surface area contributed by atoms with Crippen LogP contribution < -0.4 is 0 Å². The summed E-state index contributed by atoms with van der Waals surface area (Å²) in [6, 6.07) is 7.89. The fourth-order valence-corrected chi connectivity index (χ4v) is 2.60. The van der Waals surface area contributed by atoms with E-state index < -0.39 is 0 Å². The molecule has 92 valence electrons. The Labute approximate surface area is 107 Å². The molecular formula is C14H17ClO2. The molecule has 0 aliphatic carbocycles. The number of hydrogen-bond donors (Lipinski definition) is 0. The smallest absolute Gasteiger partial charge is 0.125 e. The summed E-state index contributed by atoms with van der Waals surface area (Å²) in [4.78, 5) is 0. The first-order valence-electron chi connectivity index (χ1n) is 5.99. The molecule has 3 atom stereocenters. The second kappa shape index (κ2) is 3.47. The maximum absolute atomic E-state index is 5.88. The van der Waals surface area contributed by atoms with Gasteiger partial charge in [-0.3, -0.25) is 0 Å². The quantitative estimate of drug-likeness (QED) is 0.752. The molecule has 2 aliphatic heterocycles. The third-order valence-electron chi connectivity index (χ3n) is 3.87. The number of benzene rings is 1. The average Bonchev–Trinajstić information content (AvgIpc) is 3.11. The van der Waals surface area contributed by atoms with Crippen LogP contribution in [-0.2, 0) is 9.47 Å². The maximum Gasteiger partial charge on any atom is 0.125 e. The topological polar surface area (TPSA) is 25.1 Å². The average molecular weight is 253 g/mol. The zero-order valence-electron chi connectivity index (χ0n) is 10.4. The standard InChI is InChI=1S/C14H17ClO2/c1-13(2,3)14(8-16-14)12-11(17-12)9-4-6-10(15)7-5-9/h4-7,11-12H,8H2,1-3H3/t11-,12+,14-/m1/s1. The summed E-state index contributed by atoms with van der Waals surface area (Å²) < 4.78 is 11.5. The minimum absolute atomic E-state index is 0.0860. The van der Waals surface area contributed by atoms with Crippen LogP contribution in [0.25, 0.3) is 0 Å². The number of hydrogen-bond acceptors (Lipinski definition) is 2. The van der Waals surface area contributed by atoms with Crippen molar-refractivity contribution < 1.29 is 9.47 Å². The van der Waals surface area contributed by atoms with Crippen molar-refractivity contribution in [3.63, 3.8) is 0 Å². The largest absolute Gasteiger partial charge is 0.366 e. The van der Waals surface area contributed by atoms with Crippen LogP contribution in [0.4, 0.5) is 0 Å². The first-order valence-corrected chi connectivity index (χ1v) is 6.37. The highest BCUT2D eigenvalue weighted by atomic mass is 35.5. The van der Waals surface area contributed by atoms with E-state index in [4.69, 9.17) is 21.1 Å². The van der Waals surface area contributed by atoms with E-state index in [1.807, 2.05) is 24.3 Å². The van der Waals surface area contributed by atoms with Gasteiger partial charge in [0, 0.05) is 5.02 Å². The molecule has 2 heterocycles. The first kappa shape index (κ1) is 11.5. The maximum atomic E-state index is 5.88. The van der Waals surface area contributed by atoms with Gasteiger partial charge in [-0.15, -0.1) is 0 Å². The number of epoxide rings is 2. The van der Waals surface area contributed by atoms with Gasteiger partial charge in [-0.1, -0.05) is 44.5 Å². The highest BCUT2D eigenvalue weighted by Gasteiger charge is 2.68. The summed E-state index contributed by atoms with van der Waals surface area (Å²) in [5, 5.41) is 0.763. The summed E-state index contributed by atoms with van der Waals surface area (Å²) in [5.74, 6) is 0. The van der Waals surface area contributed by atoms with E-state index in [0.29, 0.717) is 0 Å². The van der Waals surface area contributed by atoms with E-state index in [1.54, 1.807) is 0 Å². The lowest BCUT2D eigenvalue weighted by Gasteiger charge is -2.25. The molecule has 0 unspecified atom stereocenters. The van der Waals surface area contributed by atoms with Crippen molar-refractivity contribution >= 4 is 11.6 Å². The van der Waals surface area contributed by atoms with Gasteiger partial charge in [0.1, 0.15) is 17.8 Å². The molecule has 3 heteroatoms. The lowest BCUT2D eigenvalue weighted by molar-refractivity contribution is 0.119. The summed E-state index contributed by atoms with van der Waals surface area (Å²) in [7, 11) is 0. The zero-order valence-corrected chi connectivity index (χ0v) is 11.1. The normalized spacial score (nSPS) is 35.8. The van der Waals surface area contributed by atoms with E-state index in [-0.39, 0.29) is 23.2 Å². The van der Waals surface area contributed by atoms with Crippen LogP contribution in [0.1, 0.15) is 32.4 Å². The second-order valence-corrected chi connectivity index (χ2v) is 6.39. The highest BCUT2D eigenvalue weighted by Crippen LogP contribution is 2.58. The third kappa shape index (κ3) is 1.79. The van der Waals surface area contributed by atoms with Crippen molar-refractivity contribution in [2.24, 2.45) is 5.41 Å². The van der Waals surface area contributed by atoms with Gasteiger partial charge in [0.25, 0.3) is 0 Å². The first-order chi connectivity index (χ1) is 7.94. The Hall–Kier alpha value is -0.570. The molecule has 0 spiro atoms. The lowest BCUT2D eigenvalue weighted by Crippen LogP contribution is -2.36. The summed E-state index contributed by atoms with van der Waals surface area (Å²) in [6.45, 7) is 7.44. The van der Waals surface area contributed by atoms with Crippen LogP contribution in [0.2, 0.25) is 5.02 Å². The van der Waals surface area contributed by atoms with E-state index in [0.717, 1.165) is 11.6 Å². The molecule has 17 heavy (non-hydrogen) atoms. The molecule has 3 rings (SSSR count). The molecule has 2 saturated heterocycles. The van der Waals surface area contributed by atoms with Crippen LogP contribution in [0.15, 0.2) is 24.3 Å². The third-order valence-corrected chi connectivity index (χ3v) is 4.13. The van der Waals surface area contributed by atoms with Crippen molar-refractivity contribution in [1.29, 1.82) is 0 Å². The molecule has 2 nitrogen and oxygen atoms in total. The van der Waals surface area contributed by atoms with Gasteiger partial charge in [-0.05, 0) is 23.1 Å². The molecule has 0 N–H and O–H groups in total. The van der Waals surface area contributed by atoms with Crippen molar-refractivity contribution in [1.82, 2.24) is 0 Å².